The van der Waals surface area contributed by atoms with E-state index in [1.54, 1.807) is 41.2 Å². The van der Waals surface area contributed by atoms with E-state index in [4.69, 9.17) is 11.6 Å². The molecule has 0 spiro atoms. The van der Waals surface area contributed by atoms with E-state index >= 15 is 0 Å². The monoisotopic (exact) mass is 282 g/mol. The number of carbonyl (C=O) groups excluding carboxylic acids is 1. The zero-order chi connectivity index (χ0) is 13.9. The van der Waals surface area contributed by atoms with E-state index in [1.807, 2.05) is 30.3 Å². The van der Waals surface area contributed by atoms with Gasteiger partial charge >= 0.3 is 0 Å². The summed E-state index contributed by atoms with van der Waals surface area (Å²) in [4.78, 5) is 12.5. The molecule has 3 aromatic rings. The number of para-hydroxylation sites is 1. The number of nitrogens with zero attached hydrogens (tertiary/aromatic N) is 2. The second-order valence-corrected chi connectivity index (χ2v) is 4.74. The number of halogens is 1. The molecule has 0 bridgehead atoms. The van der Waals surface area contributed by atoms with Crippen molar-refractivity contribution in [2.75, 3.05) is 0 Å². The van der Waals surface area contributed by atoms with Gasteiger partial charge in [0, 0.05) is 10.6 Å². The second kappa shape index (κ2) is 5.31. The van der Waals surface area contributed by atoms with Crippen molar-refractivity contribution in [3.63, 3.8) is 0 Å². The van der Waals surface area contributed by atoms with Crippen LogP contribution in [0.15, 0.2) is 66.9 Å². The predicted octanol–water partition coefficient (Wildman–Crippen LogP) is 3.76. The summed E-state index contributed by atoms with van der Waals surface area (Å²) in [6, 6.07) is 18.1. The standard InChI is InChI=1S/C16H11ClN2O/c17-13-8-6-12(7-9-13)16(20)15-10-11-18-19(15)14-4-2-1-3-5-14/h1-11H. The molecule has 0 fully saturated rings. The summed E-state index contributed by atoms with van der Waals surface area (Å²) >= 11 is 5.84. The van der Waals surface area contributed by atoms with Crippen molar-refractivity contribution >= 4 is 17.4 Å². The van der Waals surface area contributed by atoms with Crippen LogP contribution < -0.4 is 0 Å². The van der Waals surface area contributed by atoms with Gasteiger partial charge in [-0.15, -0.1) is 0 Å². The lowest BCUT2D eigenvalue weighted by Crippen LogP contribution is -2.09. The van der Waals surface area contributed by atoms with Crippen LogP contribution in [-0.4, -0.2) is 15.6 Å². The number of benzene rings is 2. The molecule has 20 heavy (non-hydrogen) atoms. The minimum absolute atomic E-state index is 0.0805. The van der Waals surface area contributed by atoms with Crippen LogP contribution in [0.5, 0.6) is 0 Å². The van der Waals surface area contributed by atoms with Crippen molar-refractivity contribution in [1.82, 2.24) is 9.78 Å². The number of hydrogen-bond donors (Lipinski definition) is 0. The summed E-state index contributed by atoms with van der Waals surface area (Å²) < 4.78 is 1.64. The average molecular weight is 283 g/mol. The first kappa shape index (κ1) is 12.6. The van der Waals surface area contributed by atoms with E-state index < -0.39 is 0 Å². The molecule has 0 aliphatic heterocycles. The Morgan fingerprint density at radius 3 is 2.35 bits per heavy atom. The van der Waals surface area contributed by atoms with Crippen LogP contribution in [0.1, 0.15) is 16.1 Å². The van der Waals surface area contributed by atoms with Crippen LogP contribution in [0.3, 0.4) is 0 Å². The normalized spacial score (nSPS) is 10.4. The Hall–Kier alpha value is -2.39. The number of carbonyl (C=O) groups is 1. The van der Waals surface area contributed by atoms with Gasteiger partial charge in [-0.05, 0) is 42.5 Å². The lowest BCUT2D eigenvalue weighted by Gasteiger charge is -2.06. The first-order valence-corrected chi connectivity index (χ1v) is 6.53. The molecule has 0 unspecified atom stereocenters. The van der Waals surface area contributed by atoms with Crippen LogP contribution in [0.4, 0.5) is 0 Å². The Bertz CT molecular complexity index is 733. The Labute approximate surface area is 121 Å². The molecule has 3 nitrogen and oxygen atoms in total. The van der Waals surface area contributed by atoms with Crippen LogP contribution >= 0.6 is 11.6 Å². The molecular formula is C16H11ClN2O. The fourth-order valence-corrected chi connectivity index (χ4v) is 2.13. The van der Waals surface area contributed by atoms with Crippen molar-refractivity contribution in [2.24, 2.45) is 0 Å². The highest BCUT2D eigenvalue weighted by Gasteiger charge is 2.15. The van der Waals surface area contributed by atoms with Gasteiger partial charge in [0.1, 0.15) is 5.69 Å². The summed E-state index contributed by atoms with van der Waals surface area (Å²) in [7, 11) is 0. The van der Waals surface area contributed by atoms with Gasteiger partial charge in [0.2, 0.25) is 5.78 Å². The molecule has 0 saturated heterocycles. The summed E-state index contributed by atoms with van der Waals surface area (Å²) in [5.41, 5.74) is 1.97. The molecule has 98 valence electrons. The van der Waals surface area contributed by atoms with Crippen LogP contribution in [0.25, 0.3) is 5.69 Å². The van der Waals surface area contributed by atoms with Crippen molar-refractivity contribution in [3.8, 4) is 5.69 Å². The molecule has 4 heteroatoms. The third kappa shape index (κ3) is 2.36. The number of ketones is 1. The topological polar surface area (TPSA) is 34.9 Å². The summed E-state index contributed by atoms with van der Waals surface area (Å²) in [6.07, 6.45) is 1.62. The van der Waals surface area contributed by atoms with E-state index in [0.717, 1.165) is 5.69 Å². The molecule has 0 saturated carbocycles. The largest absolute Gasteiger partial charge is 0.287 e. The quantitative estimate of drug-likeness (QED) is 0.686. The first-order valence-electron chi connectivity index (χ1n) is 6.15. The summed E-state index contributed by atoms with van der Waals surface area (Å²) in [6.45, 7) is 0. The molecule has 0 amide bonds. The molecule has 2 aromatic carbocycles. The van der Waals surface area contributed by atoms with Gasteiger partial charge in [0.25, 0.3) is 0 Å². The predicted molar refractivity (Wildman–Crippen MR) is 78.4 cm³/mol. The Balaban J connectivity index is 2.02. The summed E-state index contributed by atoms with van der Waals surface area (Å²) in [5, 5.41) is 4.83. The van der Waals surface area contributed by atoms with Gasteiger partial charge in [-0.3, -0.25) is 4.79 Å². The maximum atomic E-state index is 12.5. The highest BCUT2D eigenvalue weighted by Crippen LogP contribution is 2.16. The van der Waals surface area contributed by atoms with E-state index in [1.165, 1.54) is 0 Å². The molecule has 3 rings (SSSR count). The van der Waals surface area contributed by atoms with Gasteiger partial charge < -0.3 is 0 Å². The van der Waals surface area contributed by atoms with E-state index in [2.05, 4.69) is 5.10 Å². The van der Waals surface area contributed by atoms with Crippen molar-refractivity contribution in [2.45, 2.75) is 0 Å². The molecule has 1 heterocycles. The minimum Gasteiger partial charge on any atom is -0.287 e. The maximum Gasteiger partial charge on any atom is 0.211 e. The molecule has 0 radical (unpaired) electrons. The Morgan fingerprint density at radius 2 is 1.65 bits per heavy atom. The van der Waals surface area contributed by atoms with Crippen molar-refractivity contribution in [3.05, 3.63) is 83.1 Å². The third-order valence-corrected chi connectivity index (χ3v) is 3.23. The van der Waals surface area contributed by atoms with E-state index in [9.17, 15) is 4.79 Å². The van der Waals surface area contributed by atoms with Gasteiger partial charge in [0.05, 0.1) is 11.9 Å². The lowest BCUT2D eigenvalue weighted by molar-refractivity contribution is 0.103. The maximum absolute atomic E-state index is 12.5. The zero-order valence-corrected chi connectivity index (χ0v) is 11.3. The van der Waals surface area contributed by atoms with Gasteiger partial charge in [0.15, 0.2) is 0 Å². The van der Waals surface area contributed by atoms with Gasteiger partial charge in [-0.1, -0.05) is 29.8 Å². The lowest BCUT2D eigenvalue weighted by atomic mass is 10.1. The first-order chi connectivity index (χ1) is 9.75. The fraction of sp³-hybridized carbons (Fsp3) is 0. The van der Waals surface area contributed by atoms with Crippen molar-refractivity contribution < 1.29 is 4.79 Å². The number of aromatic nitrogens is 2. The average Bonchev–Trinajstić information content (AvgIpc) is 2.97. The van der Waals surface area contributed by atoms with Crippen LogP contribution in [-0.2, 0) is 0 Å². The SMILES string of the molecule is O=C(c1ccc(Cl)cc1)c1ccnn1-c1ccccc1. The molecule has 0 atom stereocenters. The number of rotatable bonds is 3. The zero-order valence-electron chi connectivity index (χ0n) is 10.5. The van der Waals surface area contributed by atoms with Crippen molar-refractivity contribution in [1.29, 1.82) is 0 Å². The third-order valence-electron chi connectivity index (χ3n) is 2.98. The van der Waals surface area contributed by atoms with E-state index in [-0.39, 0.29) is 5.78 Å². The Morgan fingerprint density at radius 1 is 0.950 bits per heavy atom. The van der Waals surface area contributed by atoms with E-state index in [0.29, 0.717) is 16.3 Å². The molecule has 0 aliphatic rings. The highest BCUT2D eigenvalue weighted by molar-refractivity contribution is 6.30. The van der Waals surface area contributed by atoms with Gasteiger partial charge in [-0.25, -0.2) is 4.68 Å². The second-order valence-electron chi connectivity index (χ2n) is 4.30. The number of hydrogen-bond acceptors (Lipinski definition) is 2. The molecule has 0 aliphatic carbocycles. The van der Waals surface area contributed by atoms with Crippen LogP contribution in [0.2, 0.25) is 5.02 Å². The van der Waals surface area contributed by atoms with Gasteiger partial charge in [-0.2, -0.15) is 5.10 Å². The Kier molecular flexibility index (Phi) is 3.35. The summed E-state index contributed by atoms with van der Waals surface area (Å²) in [5.74, 6) is -0.0805. The molecular weight excluding hydrogens is 272 g/mol. The van der Waals surface area contributed by atoms with Crippen LogP contribution in [0, 0.1) is 0 Å². The smallest absolute Gasteiger partial charge is 0.211 e. The molecule has 1 aromatic heterocycles. The fourth-order valence-electron chi connectivity index (χ4n) is 2.00. The molecule has 0 N–H and O–H groups in total. The highest BCUT2D eigenvalue weighted by atomic mass is 35.5. The minimum atomic E-state index is -0.0805.